The molecule has 0 aliphatic heterocycles. The van der Waals surface area contributed by atoms with Crippen molar-refractivity contribution >= 4 is 5.91 Å². The highest BCUT2D eigenvalue weighted by Gasteiger charge is 2.26. The molecule has 1 amide bonds. The molecule has 0 bridgehead atoms. The summed E-state index contributed by atoms with van der Waals surface area (Å²) in [5.41, 5.74) is 0.530. The Bertz CT molecular complexity index is 518. The molecule has 0 atom stereocenters. The molecule has 0 aliphatic carbocycles. The number of amides is 1. The average Bonchev–Trinajstić information content (AvgIpc) is 2.40. The molecule has 4 nitrogen and oxygen atoms in total. The van der Waals surface area contributed by atoms with Gasteiger partial charge in [0.25, 0.3) is 5.91 Å². The van der Waals surface area contributed by atoms with Gasteiger partial charge in [-0.05, 0) is 12.5 Å². The van der Waals surface area contributed by atoms with Crippen LogP contribution in [0.2, 0.25) is 0 Å². The highest BCUT2D eigenvalue weighted by Crippen LogP contribution is 2.20. The number of aliphatic hydroxyl groups excluding tert-OH is 1. The SMILES string of the molecule is O=C(NCCCC(F)(F)F)c1ccncc1C#CCO. The molecule has 0 fully saturated rings. The standard InChI is InChI=1S/C13H13F3N2O2/c14-13(15,16)5-2-6-18-12(20)11-4-7-17-9-10(11)3-1-8-19/h4,7,9,19H,2,5-6,8H2,(H,18,20). The molecule has 1 aromatic heterocycles. The number of pyridine rings is 1. The van der Waals surface area contributed by atoms with E-state index < -0.39 is 18.5 Å². The van der Waals surface area contributed by atoms with Crippen molar-refractivity contribution in [2.24, 2.45) is 0 Å². The molecule has 0 aliphatic rings. The highest BCUT2D eigenvalue weighted by molar-refractivity contribution is 5.96. The molecule has 0 radical (unpaired) electrons. The van der Waals surface area contributed by atoms with Crippen molar-refractivity contribution in [1.82, 2.24) is 10.3 Å². The van der Waals surface area contributed by atoms with Crippen LogP contribution in [0, 0.1) is 11.8 Å². The number of alkyl halides is 3. The number of aromatic nitrogens is 1. The summed E-state index contributed by atoms with van der Waals surface area (Å²) < 4.78 is 35.8. The Kier molecular flexibility index (Phi) is 6.00. The van der Waals surface area contributed by atoms with Crippen molar-refractivity contribution in [3.63, 3.8) is 0 Å². The molecular weight excluding hydrogens is 273 g/mol. The smallest absolute Gasteiger partial charge is 0.384 e. The van der Waals surface area contributed by atoms with Crippen molar-refractivity contribution in [1.29, 1.82) is 0 Å². The molecule has 1 rings (SSSR count). The summed E-state index contributed by atoms with van der Waals surface area (Å²) >= 11 is 0. The van der Waals surface area contributed by atoms with Crippen molar-refractivity contribution in [2.75, 3.05) is 13.2 Å². The number of hydrogen-bond donors (Lipinski definition) is 2. The van der Waals surface area contributed by atoms with E-state index in [0.717, 1.165) is 0 Å². The monoisotopic (exact) mass is 286 g/mol. The van der Waals surface area contributed by atoms with Crippen molar-refractivity contribution < 1.29 is 23.1 Å². The normalized spacial score (nSPS) is 10.6. The summed E-state index contributed by atoms with van der Waals surface area (Å²) in [6.45, 7) is -0.435. The zero-order valence-electron chi connectivity index (χ0n) is 10.5. The van der Waals surface area contributed by atoms with Gasteiger partial charge in [-0.15, -0.1) is 0 Å². The molecule has 0 spiro atoms. The largest absolute Gasteiger partial charge is 0.389 e. The molecule has 0 unspecified atom stereocenters. The first kappa shape index (κ1) is 16.0. The Hall–Kier alpha value is -2.07. The van der Waals surface area contributed by atoms with Gasteiger partial charge in [-0.25, -0.2) is 0 Å². The Labute approximate surface area is 114 Å². The summed E-state index contributed by atoms with van der Waals surface area (Å²) in [4.78, 5) is 15.6. The Morgan fingerprint density at radius 3 is 2.85 bits per heavy atom. The van der Waals surface area contributed by atoms with Crippen LogP contribution in [0.1, 0.15) is 28.8 Å². The summed E-state index contributed by atoms with van der Waals surface area (Å²) in [6.07, 6.45) is -2.61. The third-order valence-corrected chi connectivity index (χ3v) is 2.29. The van der Waals surface area contributed by atoms with Crippen LogP contribution >= 0.6 is 0 Å². The lowest BCUT2D eigenvalue weighted by Crippen LogP contribution is -2.26. The lowest BCUT2D eigenvalue weighted by molar-refractivity contribution is -0.135. The van der Waals surface area contributed by atoms with Gasteiger partial charge in [0.05, 0.1) is 11.1 Å². The maximum atomic E-state index is 11.9. The van der Waals surface area contributed by atoms with Crippen molar-refractivity contribution in [3.8, 4) is 11.8 Å². The van der Waals surface area contributed by atoms with Crippen LogP contribution in [0.5, 0.6) is 0 Å². The first-order valence-electron chi connectivity index (χ1n) is 5.83. The van der Waals surface area contributed by atoms with Gasteiger partial charge in [-0.1, -0.05) is 11.8 Å². The molecule has 1 heterocycles. The van der Waals surface area contributed by atoms with E-state index in [1.54, 1.807) is 0 Å². The van der Waals surface area contributed by atoms with Gasteiger partial charge in [0.1, 0.15) is 6.61 Å². The van der Waals surface area contributed by atoms with Gasteiger partial charge in [0.15, 0.2) is 0 Å². The second-order valence-corrected chi connectivity index (χ2v) is 3.86. The Morgan fingerprint density at radius 1 is 1.45 bits per heavy atom. The van der Waals surface area contributed by atoms with Gasteiger partial charge in [-0.3, -0.25) is 9.78 Å². The molecule has 0 aromatic carbocycles. The van der Waals surface area contributed by atoms with E-state index in [9.17, 15) is 18.0 Å². The number of rotatable bonds is 4. The zero-order valence-corrected chi connectivity index (χ0v) is 10.5. The number of hydrogen-bond acceptors (Lipinski definition) is 3. The number of carbonyl (C=O) groups is 1. The number of nitrogens with zero attached hydrogens (tertiary/aromatic N) is 1. The maximum absolute atomic E-state index is 11.9. The average molecular weight is 286 g/mol. The van der Waals surface area contributed by atoms with E-state index in [2.05, 4.69) is 22.1 Å². The third-order valence-electron chi connectivity index (χ3n) is 2.29. The van der Waals surface area contributed by atoms with Gasteiger partial charge in [0, 0.05) is 25.4 Å². The van der Waals surface area contributed by atoms with Crippen molar-refractivity contribution in [3.05, 3.63) is 29.6 Å². The second kappa shape index (κ2) is 7.50. The van der Waals surface area contributed by atoms with Gasteiger partial charge in [-0.2, -0.15) is 13.2 Å². The molecular formula is C13H13F3N2O2. The van der Waals surface area contributed by atoms with Crippen LogP contribution in [0.25, 0.3) is 0 Å². The minimum Gasteiger partial charge on any atom is -0.384 e. The van der Waals surface area contributed by atoms with E-state index in [1.807, 2.05) is 0 Å². The molecule has 20 heavy (non-hydrogen) atoms. The minimum atomic E-state index is -4.22. The lowest BCUT2D eigenvalue weighted by Gasteiger charge is -2.08. The Balaban J connectivity index is 2.60. The first-order chi connectivity index (χ1) is 9.44. The van der Waals surface area contributed by atoms with Crippen LogP contribution in [0.3, 0.4) is 0 Å². The number of nitrogens with one attached hydrogen (secondary N) is 1. The minimum absolute atomic E-state index is 0.0759. The summed E-state index contributed by atoms with van der Waals surface area (Å²) in [6, 6.07) is 1.42. The second-order valence-electron chi connectivity index (χ2n) is 3.86. The van der Waals surface area contributed by atoms with Gasteiger partial charge in [0.2, 0.25) is 0 Å². The summed E-state index contributed by atoms with van der Waals surface area (Å²) in [5, 5.41) is 11.0. The lowest BCUT2D eigenvalue weighted by atomic mass is 10.1. The first-order valence-corrected chi connectivity index (χ1v) is 5.83. The van der Waals surface area contributed by atoms with Crippen LogP contribution in [0.15, 0.2) is 18.5 Å². The molecule has 108 valence electrons. The van der Waals surface area contributed by atoms with E-state index in [-0.39, 0.29) is 25.1 Å². The Morgan fingerprint density at radius 2 is 2.20 bits per heavy atom. The highest BCUT2D eigenvalue weighted by atomic mass is 19.4. The van der Waals surface area contributed by atoms with Crippen LogP contribution in [0.4, 0.5) is 13.2 Å². The molecule has 2 N–H and O–H groups in total. The van der Waals surface area contributed by atoms with E-state index >= 15 is 0 Å². The fourth-order valence-electron chi connectivity index (χ4n) is 1.41. The summed E-state index contributed by atoms with van der Waals surface area (Å²) in [7, 11) is 0. The van der Waals surface area contributed by atoms with E-state index in [4.69, 9.17) is 5.11 Å². The topological polar surface area (TPSA) is 62.2 Å². The van der Waals surface area contributed by atoms with Crippen LogP contribution in [-0.2, 0) is 0 Å². The number of aliphatic hydroxyl groups is 1. The molecule has 0 saturated carbocycles. The number of halogens is 3. The fraction of sp³-hybridized carbons (Fsp3) is 0.385. The van der Waals surface area contributed by atoms with Crippen LogP contribution in [-0.4, -0.2) is 35.3 Å². The van der Waals surface area contributed by atoms with Crippen LogP contribution < -0.4 is 5.32 Å². The number of carbonyl (C=O) groups excluding carboxylic acids is 1. The van der Waals surface area contributed by atoms with Gasteiger partial charge < -0.3 is 10.4 Å². The molecule has 1 aromatic rings. The maximum Gasteiger partial charge on any atom is 0.389 e. The zero-order chi connectivity index (χ0) is 15.0. The predicted molar refractivity (Wildman–Crippen MR) is 65.8 cm³/mol. The quantitative estimate of drug-likeness (QED) is 0.651. The molecule has 0 saturated heterocycles. The van der Waals surface area contributed by atoms with E-state index in [0.29, 0.717) is 5.56 Å². The summed E-state index contributed by atoms with van der Waals surface area (Å²) in [5.74, 6) is 4.42. The molecule has 7 heteroatoms. The van der Waals surface area contributed by atoms with E-state index in [1.165, 1.54) is 18.5 Å². The third kappa shape index (κ3) is 5.71. The predicted octanol–water partition coefficient (Wildman–Crippen LogP) is 1.50. The fourth-order valence-corrected chi connectivity index (χ4v) is 1.41. The van der Waals surface area contributed by atoms with Gasteiger partial charge >= 0.3 is 6.18 Å². The van der Waals surface area contributed by atoms with Crippen molar-refractivity contribution in [2.45, 2.75) is 19.0 Å².